The van der Waals surface area contributed by atoms with Crippen LogP contribution in [0.25, 0.3) is 84.6 Å². The Morgan fingerprint density at radius 2 is 0.824 bits per heavy atom. The highest BCUT2D eigenvalue weighted by Gasteiger charge is 2.18. The molecule has 0 saturated carbocycles. The molecule has 0 unspecified atom stereocenters. The Kier molecular flexibility index (Phi) is 7.76. The predicted molar refractivity (Wildman–Crippen MR) is 207 cm³/mol. The topological polar surface area (TPSA) is 56.0 Å². The average molecular weight is 654 g/mol. The van der Waals surface area contributed by atoms with Crippen LogP contribution in [-0.2, 0) is 0 Å². The van der Waals surface area contributed by atoms with Gasteiger partial charge in [-0.1, -0.05) is 164 Å². The maximum absolute atomic E-state index is 5.08. The third-order valence-corrected chi connectivity index (χ3v) is 9.11. The van der Waals surface area contributed by atoms with E-state index < -0.39 is 0 Å². The number of aromatic nitrogens is 5. The van der Waals surface area contributed by atoms with Crippen molar-refractivity contribution in [2.75, 3.05) is 0 Å². The van der Waals surface area contributed by atoms with Gasteiger partial charge in [0.25, 0.3) is 0 Å². The molecule has 0 fully saturated rings. The quantitative estimate of drug-likeness (QED) is 0.172. The van der Waals surface area contributed by atoms with Crippen molar-refractivity contribution in [2.24, 2.45) is 0 Å². The number of rotatable bonds is 7. The maximum Gasteiger partial charge on any atom is 0.164 e. The second kappa shape index (κ2) is 13.1. The highest BCUT2D eigenvalue weighted by molar-refractivity contribution is 5.85. The van der Waals surface area contributed by atoms with Gasteiger partial charge in [-0.25, -0.2) is 19.9 Å². The molecular weight excluding hydrogens is 623 g/mol. The van der Waals surface area contributed by atoms with Gasteiger partial charge in [-0.15, -0.1) is 0 Å². The number of fused-ring (bicyclic) bond motifs is 1. The molecule has 240 valence electrons. The van der Waals surface area contributed by atoms with Gasteiger partial charge in [0.05, 0.1) is 11.4 Å². The highest BCUT2D eigenvalue weighted by Crippen LogP contribution is 2.36. The molecule has 0 aliphatic carbocycles. The fourth-order valence-corrected chi connectivity index (χ4v) is 6.62. The minimum atomic E-state index is 0.624. The Morgan fingerprint density at radius 3 is 1.53 bits per heavy atom. The maximum atomic E-state index is 5.08. The minimum Gasteiger partial charge on any atom is -0.299 e. The molecule has 0 N–H and O–H groups in total. The van der Waals surface area contributed by atoms with E-state index in [9.17, 15) is 0 Å². The number of nitrogens with zero attached hydrogens (tertiary/aromatic N) is 5. The lowest BCUT2D eigenvalue weighted by Crippen LogP contribution is -2.01. The van der Waals surface area contributed by atoms with Gasteiger partial charge < -0.3 is 0 Å². The Morgan fingerprint density at radius 1 is 0.314 bits per heavy atom. The van der Waals surface area contributed by atoms with Crippen LogP contribution in [0.5, 0.6) is 0 Å². The van der Waals surface area contributed by atoms with Crippen LogP contribution in [0.1, 0.15) is 0 Å². The summed E-state index contributed by atoms with van der Waals surface area (Å²) in [5.41, 5.74) is 12.3. The zero-order valence-corrected chi connectivity index (χ0v) is 27.6. The lowest BCUT2D eigenvalue weighted by molar-refractivity contribution is 1.07. The summed E-state index contributed by atoms with van der Waals surface area (Å²) in [7, 11) is 0. The predicted octanol–water partition coefficient (Wildman–Crippen LogP) is 11.2. The molecule has 0 spiro atoms. The third kappa shape index (κ3) is 5.87. The van der Waals surface area contributed by atoms with E-state index in [0.29, 0.717) is 17.5 Å². The lowest BCUT2D eigenvalue weighted by atomic mass is 9.98. The fraction of sp³-hybridized carbons (Fsp3) is 0. The number of imidazole rings is 1. The van der Waals surface area contributed by atoms with Crippen molar-refractivity contribution in [2.45, 2.75) is 0 Å². The van der Waals surface area contributed by atoms with Gasteiger partial charge in [-0.3, -0.25) is 4.40 Å². The molecule has 0 atom stereocenters. The SMILES string of the molecule is c1ccc(-c2nc(-c3ccc(-c4cccc(-c5nc6ccccn6c5-c5ccccc5)c4)cc3)nc(-c3ccccc3-c3ccccc3)n2)cc1. The van der Waals surface area contributed by atoms with Crippen molar-refractivity contribution in [1.29, 1.82) is 0 Å². The lowest BCUT2D eigenvalue weighted by Gasteiger charge is -2.12. The molecular formula is C46H31N5. The van der Waals surface area contributed by atoms with Crippen LogP contribution >= 0.6 is 0 Å². The van der Waals surface area contributed by atoms with Gasteiger partial charge in [0.15, 0.2) is 17.5 Å². The summed E-state index contributed by atoms with van der Waals surface area (Å²) in [6.45, 7) is 0. The van der Waals surface area contributed by atoms with Gasteiger partial charge in [0, 0.05) is 34.0 Å². The van der Waals surface area contributed by atoms with Crippen LogP contribution in [0, 0.1) is 0 Å². The Labute approximate surface area is 296 Å². The molecule has 51 heavy (non-hydrogen) atoms. The zero-order chi connectivity index (χ0) is 34.0. The third-order valence-electron chi connectivity index (χ3n) is 9.11. The van der Waals surface area contributed by atoms with Gasteiger partial charge in [0.1, 0.15) is 5.65 Å². The molecule has 6 aromatic carbocycles. The molecule has 9 aromatic rings. The Balaban J connectivity index is 1.11. The van der Waals surface area contributed by atoms with E-state index in [2.05, 4.69) is 132 Å². The van der Waals surface area contributed by atoms with Gasteiger partial charge in [-0.05, 0) is 40.5 Å². The molecule has 0 saturated heterocycles. The largest absolute Gasteiger partial charge is 0.299 e. The van der Waals surface area contributed by atoms with Crippen LogP contribution in [0.15, 0.2) is 188 Å². The number of pyridine rings is 1. The van der Waals surface area contributed by atoms with E-state index in [4.69, 9.17) is 19.9 Å². The van der Waals surface area contributed by atoms with Crippen LogP contribution in [0.3, 0.4) is 0 Å². The summed E-state index contributed by atoms with van der Waals surface area (Å²) in [6.07, 6.45) is 2.08. The van der Waals surface area contributed by atoms with E-state index in [1.807, 2.05) is 60.7 Å². The molecule has 0 amide bonds. The number of benzene rings is 6. The van der Waals surface area contributed by atoms with Crippen LogP contribution < -0.4 is 0 Å². The Bertz CT molecular complexity index is 2610. The van der Waals surface area contributed by atoms with Crippen LogP contribution in [0.2, 0.25) is 0 Å². The van der Waals surface area contributed by atoms with Crippen LogP contribution in [-0.4, -0.2) is 24.3 Å². The van der Waals surface area contributed by atoms with Crippen molar-refractivity contribution in [3.8, 4) is 78.9 Å². The molecule has 0 aliphatic rings. The molecule has 5 heteroatoms. The summed E-state index contributed by atoms with van der Waals surface area (Å²) < 4.78 is 2.16. The monoisotopic (exact) mass is 653 g/mol. The standard InChI is InChI=1S/C46H31N5/c1-4-15-33(16-5-1)39-23-10-11-24-40(39)46-49-44(35-19-8-3-9-20-35)48-45(50-46)36-28-26-32(27-29-36)37-21-14-22-38(31-37)42-43(34-17-6-2-7-18-34)51-30-13-12-25-41(51)47-42/h1-31H. The van der Waals surface area contributed by atoms with Gasteiger partial charge >= 0.3 is 0 Å². The van der Waals surface area contributed by atoms with Crippen LogP contribution in [0.4, 0.5) is 0 Å². The average Bonchev–Trinajstić information content (AvgIpc) is 3.62. The molecule has 9 rings (SSSR count). The van der Waals surface area contributed by atoms with Gasteiger partial charge in [0.2, 0.25) is 0 Å². The van der Waals surface area contributed by atoms with Crippen molar-refractivity contribution < 1.29 is 0 Å². The molecule has 5 nitrogen and oxygen atoms in total. The second-order valence-electron chi connectivity index (χ2n) is 12.3. The molecule has 0 bridgehead atoms. The van der Waals surface area contributed by atoms with Crippen molar-refractivity contribution in [3.05, 3.63) is 188 Å². The second-order valence-corrected chi connectivity index (χ2v) is 12.3. The fourth-order valence-electron chi connectivity index (χ4n) is 6.62. The number of hydrogen-bond donors (Lipinski definition) is 0. The van der Waals surface area contributed by atoms with E-state index in [1.54, 1.807) is 0 Å². The Hall–Kier alpha value is -6.98. The van der Waals surface area contributed by atoms with Crippen molar-refractivity contribution in [3.63, 3.8) is 0 Å². The molecule has 3 aromatic heterocycles. The first-order valence-electron chi connectivity index (χ1n) is 17.0. The van der Waals surface area contributed by atoms with E-state index in [0.717, 1.165) is 67.1 Å². The first kappa shape index (κ1) is 30.1. The summed E-state index contributed by atoms with van der Waals surface area (Å²) in [5, 5.41) is 0. The molecule has 3 heterocycles. The highest BCUT2D eigenvalue weighted by atomic mass is 15.0. The van der Waals surface area contributed by atoms with E-state index in [1.165, 1.54) is 0 Å². The zero-order valence-electron chi connectivity index (χ0n) is 27.6. The first-order valence-corrected chi connectivity index (χ1v) is 17.0. The molecule has 0 aliphatic heterocycles. The summed E-state index contributed by atoms with van der Waals surface area (Å²) in [6, 6.07) is 62.4. The van der Waals surface area contributed by atoms with E-state index >= 15 is 0 Å². The summed E-state index contributed by atoms with van der Waals surface area (Å²) >= 11 is 0. The van der Waals surface area contributed by atoms with Crippen molar-refractivity contribution >= 4 is 5.65 Å². The van der Waals surface area contributed by atoms with Crippen molar-refractivity contribution in [1.82, 2.24) is 24.3 Å². The summed E-state index contributed by atoms with van der Waals surface area (Å²) in [5.74, 6) is 1.90. The van der Waals surface area contributed by atoms with Gasteiger partial charge in [-0.2, -0.15) is 0 Å². The normalized spacial score (nSPS) is 11.1. The minimum absolute atomic E-state index is 0.624. The van der Waals surface area contributed by atoms with E-state index in [-0.39, 0.29) is 0 Å². The smallest absolute Gasteiger partial charge is 0.164 e. The summed E-state index contributed by atoms with van der Waals surface area (Å²) in [4.78, 5) is 20.1. The number of hydrogen-bond acceptors (Lipinski definition) is 4. The molecule has 0 radical (unpaired) electrons. The first-order chi connectivity index (χ1) is 25.3.